The zero-order chi connectivity index (χ0) is 32.3. The Balaban J connectivity index is 1.34. The number of benzene rings is 2. The van der Waals surface area contributed by atoms with Crippen LogP contribution in [0.2, 0.25) is 0 Å². The van der Waals surface area contributed by atoms with Crippen molar-refractivity contribution in [1.82, 2.24) is 24.8 Å². The van der Waals surface area contributed by atoms with Crippen molar-refractivity contribution in [2.75, 3.05) is 31.1 Å². The maximum absolute atomic E-state index is 14.8. The molecule has 2 unspecified atom stereocenters. The third-order valence-corrected chi connectivity index (χ3v) is 11.6. The SMILES string of the molecule is C=CCN(Cn1nnc2ccccc21)C(=O)C1N(CCCCCCO)C(=O)[C@@H]2[C@@H](C(=O)N(CC=C)c3ccccc3)[C@H]3CCC12S3. The van der Waals surface area contributed by atoms with Crippen molar-refractivity contribution in [2.24, 2.45) is 11.8 Å². The molecule has 0 aliphatic carbocycles. The summed E-state index contributed by atoms with van der Waals surface area (Å²) < 4.78 is 1.01. The van der Waals surface area contributed by atoms with Gasteiger partial charge in [0.15, 0.2) is 0 Å². The van der Waals surface area contributed by atoms with Gasteiger partial charge in [0.2, 0.25) is 17.7 Å². The Morgan fingerprint density at radius 3 is 2.50 bits per heavy atom. The predicted octanol–water partition coefficient (Wildman–Crippen LogP) is 4.27. The van der Waals surface area contributed by atoms with Crippen LogP contribution in [-0.2, 0) is 21.1 Å². The molecular weight excluding hydrogens is 600 g/mol. The van der Waals surface area contributed by atoms with E-state index in [-0.39, 0.29) is 42.8 Å². The number of nitrogens with zero attached hydrogens (tertiary/aromatic N) is 6. The highest BCUT2D eigenvalue weighted by molar-refractivity contribution is 8.02. The Hall–Kier alpha value is -3.96. The van der Waals surface area contributed by atoms with E-state index >= 15 is 0 Å². The molecule has 2 bridgehead atoms. The molecule has 5 atom stereocenters. The first-order valence-corrected chi connectivity index (χ1v) is 17.1. The van der Waals surface area contributed by atoms with Gasteiger partial charge in [-0.05, 0) is 49.9 Å². The average Bonchev–Trinajstić information content (AvgIpc) is 3.83. The highest BCUT2D eigenvalue weighted by atomic mass is 32.2. The van der Waals surface area contributed by atoms with Crippen LogP contribution in [0.3, 0.4) is 0 Å². The molecule has 10 nitrogen and oxygen atoms in total. The number of likely N-dealkylation sites (tertiary alicyclic amines) is 1. The number of aromatic nitrogens is 3. The summed E-state index contributed by atoms with van der Waals surface area (Å²) in [6.45, 7) is 9.15. The van der Waals surface area contributed by atoms with Gasteiger partial charge in [-0.15, -0.1) is 30.0 Å². The molecule has 1 spiro atoms. The van der Waals surface area contributed by atoms with E-state index in [2.05, 4.69) is 23.5 Å². The second-order valence-corrected chi connectivity index (χ2v) is 14.0. The predicted molar refractivity (Wildman–Crippen MR) is 180 cm³/mol. The highest BCUT2D eigenvalue weighted by Gasteiger charge is 2.74. The number of thioether (sulfide) groups is 1. The maximum Gasteiger partial charge on any atom is 0.248 e. The average molecular weight is 643 g/mol. The van der Waals surface area contributed by atoms with E-state index in [4.69, 9.17) is 0 Å². The Bertz CT molecular complexity index is 1600. The van der Waals surface area contributed by atoms with Crippen LogP contribution in [0.25, 0.3) is 11.0 Å². The molecule has 3 fully saturated rings. The molecule has 11 heteroatoms. The molecule has 4 heterocycles. The summed E-state index contributed by atoms with van der Waals surface area (Å²) in [5.41, 5.74) is 2.32. The van der Waals surface area contributed by atoms with E-state index in [0.717, 1.165) is 36.0 Å². The topological polar surface area (TPSA) is 112 Å². The number of hydrogen-bond acceptors (Lipinski definition) is 7. The van der Waals surface area contributed by atoms with Gasteiger partial charge < -0.3 is 19.8 Å². The molecule has 1 N–H and O–H groups in total. The van der Waals surface area contributed by atoms with Crippen molar-refractivity contribution in [3.8, 4) is 0 Å². The van der Waals surface area contributed by atoms with Crippen LogP contribution in [0.15, 0.2) is 79.9 Å². The number of unbranched alkanes of at least 4 members (excludes halogenated alkanes) is 3. The fourth-order valence-electron chi connectivity index (χ4n) is 7.67. The lowest BCUT2D eigenvalue weighted by molar-refractivity contribution is -0.143. The van der Waals surface area contributed by atoms with Crippen LogP contribution in [0.1, 0.15) is 38.5 Å². The van der Waals surface area contributed by atoms with Gasteiger partial charge in [0.1, 0.15) is 18.2 Å². The summed E-state index contributed by atoms with van der Waals surface area (Å²) in [6.07, 6.45) is 7.97. The lowest BCUT2D eigenvalue weighted by Gasteiger charge is -2.37. The molecule has 1 aromatic heterocycles. The van der Waals surface area contributed by atoms with Gasteiger partial charge in [0, 0.05) is 37.2 Å². The van der Waals surface area contributed by atoms with Gasteiger partial charge in [-0.2, -0.15) is 0 Å². The second-order valence-electron chi connectivity index (χ2n) is 12.4. The third-order valence-electron chi connectivity index (χ3n) is 9.66. The van der Waals surface area contributed by atoms with Gasteiger partial charge >= 0.3 is 0 Å². The Kier molecular flexibility index (Phi) is 9.60. The minimum Gasteiger partial charge on any atom is -0.396 e. The molecule has 3 amide bonds. The van der Waals surface area contributed by atoms with Crippen LogP contribution in [0, 0.1) is 11.8 Å². The third kappa shape index (κ3) is 5.64. The normalized spacial score (nSPS) is 24.7. The number of aliphatic hydroxyl groups is 1. The Labute approximate surface area is 274 Å². The van der Waals surface area contributed by atoms with Crippen molar-refractivity contribution >= 4 is 46.2 Å². The maximum atomic E-state index is 14.8. The number of para-hydroxylation sites is 2. The van der Waals surface area contributed by atoms with Gasteiger partial charge in [-0.25, -0.2) is 4.68 Å². The van der Waals surface area contributed by atoms with Crippen molar-refractivity contribution in [2.45, 2.75) is 61.2 Å². The van der Waals surface area contributed by atoms with Crippen molar-refractivity contribution in [3.63, 3.8) is 0 Å². The van der Waals surface area contributed by atoms with Crippen LogP contribution in [0.4, 0.5) is 5.69 Å². The van der Waals surface area contributed by atoms with Crippen LogP contribution >= 0.6 is 11.8 Å². The lowest BCUT2D eigenvalue weighted by Crippen LogP contribution is -2.55. The molecule has 0 saturated carbocycles. The molecule has 3 aromatic rings. The van der Waals surface area contributed by atoms with Crippen LogP contribution in [0.5, 0.6) is 0 Å². The van der Waals surface area contributed by atoms with E-state index in [9.17, 15) is 19.5 Å². The molecule has 46 heavy (non-hydrogen) atoms. The smallest absolute Gasteiger partial charge is 0.248 e. The molecule has 242 valence electrons. The van der Waals surface area contributed by atoms with E-state index in [1.807, 2.05) is 54.6 Å². The number of anilines is 1. The van der Waals surface area contributed by atoms with E-state index in [1.165, 1.54) is 0 Å². The van der Waals surface area contributed by atoms with E-state index < -0.39 is 22.6 Å². The van der Waals surface area contributed by atoms with Gasteiger partial charge in [0.05, 0.1) is 22.1 Å². The number of hydrogen-bond donors (Lipinski definition) is 1. The summed E-state index contributed by atoms with van der Waals surface area (Å²) in [7, 11) is 0. The van der Waals surface area contributed by atoms with Crippen LogP contribution in [-0.4, -0.2) is 89.9 Å². The van der Waals surface area contributed by atoms with Crippen molar-refractivity contribution < 1.29 is 19.5 Å². The molecule has 0 radical (unpaired) electrons. The lowest BCUT2D eigenvalue weighted by atomic mass is 9.70. The number of fused-ring (bicyclic) bond motifs is 2. The molecule has 6 rings (SSSR count). The van der Waals surface area contributed by atoms with E-state index in [0.29, 0.717) is 32.4 Å². The second kappa shape index (κ2) is 13.8. The summed E-state index contributed by atoms with van der Waals surface area (Å²) in [4.78, 5) is 49.0. The number of carbonyl (C=O) groups is 3. The molecular formula is C35H42N6O4S. The first-order valence-electron chi connectivity index (χ1n) is 16.2. The fourth-order valence-corrected chi connectivity index (χ4v) is 9.88. The fraction of sp³-hybridized carbons (Fsp3) is 0.457. The monoisotopic (exact) mass is 642 g/mol. The van der Waals surface area contributed by atoms with Gasteiger partial charge in [0.25, 0.3) is 0 Å². The van der Waals surface area contributed by atoms with Gasteiger partial charge in [-0.3, -0.25) is 14.4 Å². The van der Waals surface area contributed by atoms with Gasteiger partial charge in [-0.1, -0.05) is 60.5 Å². The first-order chi connectivity index (χ1) is 22.4. The van der Waals surface area contributed by atoms with Crippen molar-refractivity contribution in [1.29, 1.82) is 0 Å². The first kappa shape index (κ1) is 32.0. The Morgan fingerprint density at radius 2 is 1.74 bits per heavy atom. The van der Waals surface area contributed by atoms with Crippen LogP contribution < -0.4 is 4.90 Å². The number of amides is 3. The zero-order valence-corrected chi connectivity index (χ0v) is 26.9. The van der Waals surface area contributed by atoms with E-state index in [1.54, 1.807) is 43.3 Å². The Morgan fingerprint density at radius 1 is 1.00 bits per heavy atom. The number of rotatable bonds is 15. The minimum absolute atomic E-state index is 0.0494. The molecule has 3 saturated heterocycles. The number of carbonyl (C=O) groups excluding carboxylic acids is 3. The summed E-state index contributed by atoms with van der Waals surface area (Å²) in [5, 5.41) is 17.8. The molecule has 2 aromatic carbocycles. The minimum atomic E-state index is -0.713. The molecule has 3 aliphatic heterocycles. The quantitative estimate of drug-likeness (QED) is 0.195. The summed E-state index contributed by atoms with van der Waals surface area (Å²) in [5.74, 6) is -1.48. The zero-order valence-electron chi connectivity index (χ0n) is 26.1. The summed E-state index contributed by atoms with van der Waals surface area (Å²) >= 11 is 1.68. The summed E-state index contributed by atoms with van der Waals surface area (Å²) in [6, 6.07) is 16.4. The molecule has 3 aliphatic rings. The number of aliphatic hydroxyl groups excluding tert-OH is 1. The standard InChI is InChI=1S/C35H42N6O4S/c1-3-20-38(24-41-27-17-11-10-16-26(27)36-37-41)34(45)31-35-19-18-28(46-35)29(30(35)33(44)40(31)22-12-5-6-13-23-42)32(43)39(21-4-2)25-14-8-7-9-15-25/h3-4,7-11,14-17,28-31,42H,1-2,5-6,12-13,18-24H2/t28-,29+,30+,31?,35?/m1/s1. The highest BCUT2D eigenvalue weighted by Crippen LogP contribution is 2.66. The van der Waals surface area contributed by atoms with Crippen molar-refractivity contribution in [3.05, 3.63) is 79.9 Å². The largest absolute Gasteiger partial charge is 0.396 e.